The van der Waals surface area contributed by atoms with E-state index in [-0.39, 0.29) is 12.5 Å². The molecule has 0 bridgehead atoms. The second-order valence-corrected chi connectivity index (χ2v) is 3.81. The third-order valence-electron chi connectivity index (χ3n) is 2.42. The minimum absolute atomic E-state index is 0.273. The highest BCUT2D eigenvalue weighted by molar-refractivity contribution is 5.70. The monoisotopic (exact) mass is 263 g/mol. The highest BCUT2D eigenvalue weighted by atomic mass is 16.5. The van der Waals surface area contributed by atoms with Gasteiger partial charge in [-0.25, -0.2) is 4.98 Å². The molecular formula is C11H13N5O3. The summed E-state index contributed by atoms with van der Waals surface area (Å²) >= 11 is 0. The first-order chi connectivity index (χ1) is 9.16. The minimum Gasteiger partial charge on any atom is -0.530 e. The van der Waals surface area contributed by atoms with Gasteiger partial charge in [-0.1, -0.05) is 12.1 Å². The summed E-state index contributed by atoms with van der Waals surface area (Å²) in [6, 6.07) is 7.04. The van der Waals surface area contributed by atoms with E-state index in [1.54, 1.807) is 18.2 Å². The van der Waals surface area contributed by atoms with Crippen molar-refractivity contribution in [3.8, 4) is 0 Å². The minimum atomic E-state index is -1.30. The van der Waals surface area contributed by atoms with Gasteiger partial charge in [0, 0.05) is 19.2 Å². The molecule has 0 radical (unpaired) electrons. The number of aromatic nitrogens is 3. The highest BCUT2D eigenvalue weighted by Crippen LogP contribution is 2.06. The number of carbonyl (C=O) groups excluding carboxylic acids is 1. The normalized spacial score (nSPS) is 10.3. The number of carboxylic acid groups (broad SMARTS) is 1. The van der Waals surface area contributed by atoms with Gasteiger partial charge in [-0.05, 0) is 12.5 Å². The van der Waals surface area contributed by atoms with Crippen molar-refractivity contribution >= 4 is 23.1 Å². The van der Waals surface area contributed by atoms with Gasteiger partial charge >= 0.3 is 5.52 Å². The van der Waals surface area contributed by atoms with Crippen molar-refractivity contribution in [1.29, 1.82) is 0 Å². The molecule has 0 aliphatic rings. The average molecular weight is 263 g/mol. The van der Waals surface area contributed by atoms with Crippen molar-refractivity contribution in [1.82, 2.24) is 15.4 Å². The summed E-state index contributed by atoms with van der Waals surface area (Å²) in [5.41, 5.74) is 1.11. The standard InChI is InChI=1S/C11H13N5O3/c17-11(18)13-7-3-6-12-10-14-8-4-1-2-5-9(8)16(19)15-10/h1-2,4-5,13H,3,6-7H2,(H2-,12,14,15,17,18,19). The first kappa shape index (κ1) is 12.8. The Hall–Kier alpha value is -2.64. The lowest BCUT2D eigenvalue weighted by atomic mass is 10.3. The Morgan fingerprint density at radius 1 is 1.37 bits per heavy atom. The Bertz CT molecular complexity index is 590. The van der Waals surface area contributed by atoms with Crippen LogP contribution >= 0.6 is 0 Å². The van der Waals surface area contributed by atoms with Crippen LogP contribution in [-0.2, 0) is 0 Å². The van der Waals surface area contributed by atoms with Gasteiger partial charge in [-0.3, -0.25) is 5.21 Å². The van der Waals surface area contributed by atoms with Gasteiger partial charge in [0.1, 0.15) is 16.5 Å². The molecule has 2 aromatic rings. The smallest absolute Gasteiger partial charge is 0.315 e. The number of carbonyl (C=O) groups is 1. The summed E-state index contributed by atoms with van der Waals surface area (Å²) in [6.45, 7) is 0.751. The third-order valence-corrected chi connectivity index (χ3v) is 2.42. The number of anilines is 1. The Kier molecular flexibility index (Phi) is 3.91. The van der Waals surface area contributed by atoms with Crippen LogP contribution in [0.15, 0.2) is 24.3 Å². The number of rotatable bonds is 5. The molecule has 3 N–H and O–H groups in total. The van der Waals surface area contributed by atoms with Crippen LogP contribution in [0.25, 0.3) is 11.0 Å². The molecule has 100 valence electrons. The SMILES string of the molecule is O=C([O-])NCCCNc1nc2ccccc2[n+](O)n1. The number of nitrogens with one attached hydrogen (secondary N) is 2. The maximum Gasteiger partial charge on any atom is 0.315 e. The van der Waals surface area contributed by atoms with Crippen LogP contribution in [0.2, 0.25) is 0 Å². The molecular weight excluding hydrogens is 250 g/mol. The molecule has 0 spiro atoms. The topological polar surface area (TPSA) is 114 Å². The van der Waals surface area contributed by atoms with E-state index in [0.717, 1.165) is 4.85 Å². The van der Waals surface area contributed by atoms with Crippen LogP contribution in [0, 0.1) is 0 Å². The molecule has 8 nitrogen and oxygen atoms in total. The maximum absolute atomic E-state index is 10.1. The Balaban J connectivity index is 1.96. The van der Waals surface area contributed by atoms with E-state index in [0.29, 0.717) is 24.0 Å². The zero-order valence-corrected chi connectivity index (χ0v) is 10.0. The molecule has 2 rings (SSSR count). The molecule has 0 saturated heterocycles. The zero-order chi connectivity index (χ0) is 13.7. The molecule has 1 aromatic carbocycles. The van der Waals surface area contributed by atoms with Gasteiger partial charge in [0.25, 0.3) is 5.95 Å². The highest BCUT2D eigenvalue weighted by Gasteiger charge is 2.13. The molecule has 0 fully saturated rings. The summed E-state index contributed by atoms with van der Waals surface area (Å²) < 4.78 is 0. The van der Waals surface area contributed by atoms with Crippen molar-refractivity contribution in [3.63, 3.8) is 0 Å². The summed E-state index contributed by atoms with van der Waals surface area (Å²) in [5, 5.41) is 28.6. The van der Waals surface area contributed by atoms with Crippen LogP contribution in [0.1, 0.15) is 6.42 Å². The molecule has 1 aromatic heterocycles. The van der Waals surface area contributed by atoms with Gasteiger partial charge in [0.15, 0.2) is 0 Å². The molecule has 0 unspecified atom stereocenters. The van der Waals surface area contributed by atoms with Crippen molar-refractivity contribution in [3.05, 3.63) is 24.3 Å². The average Bonchev–Trinajstić information content (AvgIpc) is 2.38. The lowest BCUT2D eigenvalue weighted by molar-refractivity contribution is -0.928. The number of nitrogens with zero attached hydrogens (tertiary/aromatic N) is 3. The number of fused-ring (bicyclic) bond motifs is 1. The van der Waals surface area contributed by atoms with Crippen molar-refractivity contribution < 1.29 is 20.0 Å². The van der Waals surface area contributed by atoms with E-state index in [4.69, 9.17) is 0 Å². The summed E-state index contributed by atoms with van der Waals surface area (Å²) in [4.78, 5) is 15.1. The fourth-order valence-electron chi connectivity index (χ4n) is 1.56. The molecule has 1 amide bonds. The van der Waals surface area contributed by atoms with Gasteiger partial charge in [0.05, 0.1) is 5.10 Å². The van der Waals surface area contributed by atoms with Crippen LogP contribution in [0.3, 0.4) is 0 Å². The number of hydrogen-bond donors (Lipinski definition) is 3. The van der Waals surface area contributed by atoms with E-state index in [1.807, 2.05) is 6.07 Å². The fraction of sp³-hybridized carbons (Fsp3) is 0.273. The van der Waals surface area contributed by atoms with Gasteiger partial charge < -0.3 is 20.5 Å². The van der Waals surface area contributed by atoms with Gasteiger partial charge in [-0.15, -0.1) is 0 Å². The molecule has 8 heteroatoms. The molecule has 0 saturated carbocycles. The van der Waals surface area contributed by atoms with Crippen molar-refractivity contribution in [2.24, 2.45) is 0 Å². The molecule has 19 heavy (non-hydrogen) atoms. The fourth-order valence-corrected chi connectivity index (χ4v) is 1.56. The molecule has 0 aliphatic carbocycles. The molecule has 0 atom stereocenters. The van der Waals surface area contributed by atoms with Crippen LogP contribution in [0.4, 0.5) is 10.7 Å². The largest absolute Gasteiger partial charge is 0.530 e. The second-order valence-electron chi connectivity index (χ2n) is 3.81. The quantitative estimate of drug-likeness (QED) is 0.358. The Morgan fingerprint density at radius 3 is 2.95 bits per heavy atom. The van der Waals surface area contributed by atoms with Gasteiger partial charge in [-0.2, -0.15) is 0 Å². The van der Waals surface area contributed by atoms with E-state index in [1.165, 1.54) is 0 Å². The van der Waals surface area contributed by atoms with Crippen molar-refractivity contribution in [2.75, 3.05) is 18.4 Å². The lowest BCUT2D eigenvalue weighted by Gasteiger charge is -2.06. The van der Waals surface area contributed by atoms with E-state index in [2.05, 4.69) is 20.7 Å². The van der Waals surface area contributed by atoms with Crippen LogP contribution < -0.4 is 20.6 Å². The lowest BCUT2D eigenvalue weighted by Crippen LogP contribution is -2.38. The molecule has 1 heterocycles. The number of benzene rings is 1. The van der Waals surface area contributed by atoms with Crippen molar-refractivity contribution in [2.45, 2.75) is 6.42 Å². The number of para-hydroxylation sites is 2. The van der Waals surface area contributed by atoms with Crippen LogP contribution in [-0.4, -0.2) is 34.5 Å². The maximum atomic E-state index is 10.1. The Labute approximate surface area is 108 Å². The number of hydrogen-bond acceptors (Lipinski definition) is 6. The predicted molar refractivity (Wildman–Crippen MR) is 63.4 cm³/mol. The Morgan fingerprint density at radius 2 is 2.16 bits per heavy atom. The van der Waals surface area contributed by atoms with E-state index in [9.17, 15) is 15.1 Å². The van der Waals surface area contributed by atoms with E-state index < -0.39 is 6.09 Å². The van der Waals surface area contributed by atoms with Gasteiger partial charge in [0.2, 0.25) is 0 Å². The zero-order valence-electron chi connectivity index (χ0n) is 10.0. The number of amides is 1. The van der Waals surface area contributed by atoms with Crippen LogP contribution in [0.5, 0.6) is 0 Å². The summed E-state index contributed by atoms with van der Waals surface area (Å²) in [5.74, 6) is 0.273. The van der Waals surface area contributed by atoms with E-state index >= 15 is 0 Å². The summed E-state index contributed by atoms with van der Waals surface area (Å²) in [6.07, 6.45) is -0.745. The first-order valence-electron chi connectivity index (χ1n) is 5.74. The first-order valence-corrected chi connectivity index (χ1v) is 5.74. The molecule has 0 aliphatic heterocycles. The second kappa shape index (κ2) is 5.80. The predicted octanol–water partition coefficient (Wildman–Crippen LogP) is -1.11. The third kappa shape index (κ3) is 3.41. The summed E-state index contributed by atoms with van der Waals surface area (Å²) in [7, 11) is 0.